The molecule has 2 atom stereocenters. The lowest BCUT2D eigenvalue weighted by molar-refractivity contribution is -0.123. The molecule has 10 heteroatoms. The third kappa shape index (κ3) is 4.71. The van der Waals surface area contributed by atoms with Crippen molar-refractivity contribution in [2.45, 2.75) is 44.1 Å². The number of nitrogens with one attached hydrogen (secondary N) is 2. The molecule has 0 radical (unpaired) electrons. The first kappa shape index (κ1) is 23.5. The molecule has 0 saturated carbocycles. The Balaban J connectivity index is 1.55. The molecule has 2 N–H and O–H groups in total. The van der Waals surface area contributed by atoms with Crippen LogP contribution in [-0.2, 0) is 19.6 Å². The molecule has 33 heavy (non-hydrogen) atoms. The Kier molecular flexibility index (Phi) is 6.65. The first-order chi connectivity index (χ1) is 15.7. The predicted octanol–water partition coefficient (Wildman–Crippen LogP) is 3.80. The second kappa shape index (κ2) is 9.32. The maximum atomic E-state index is 13.5. The Hall–Kier alpha value is -2.62. The van der Waals surface area contributed by atoms with E-state index in [1.807, 2.05) is 6.92 Å². The molecule has 0 bridgehead atoms. The van der Waals surface area contributed by atoms with E-state index in [1.165, 1.54) is 10.4 Å². The highest BCUT2D eigenvalue weighted by atomic mass is 35.5. The van der Waals surface area contributed by atoms with Gasteiger partial charge in [-0.25, -0.2) is 8.42 Å². The maximum Gasteiger partial charge on any atom is 0.265 e. The van der Waals surface area contributed by atoms with Crippen LogP contribution >= 0.6 is 11.6 Å². The summed E-state index contributed by atoms with van der Waals surface area (Å²) in [4.78, 5) is 25.0. The molecule has 2 amide bonds. The Labute approximate surface area is 198 Å². The fraction of sp³-hybridized carbons (Fsp3) is 0.391. The largest absolute Gasteiger partial charge is 0.478 e. The second-order valence-electron chi connectivity index (χ2n) is 8.29. The van der Waals surface area contributed by atoms with Crippen molar-refractivity contribution in [1.82, 2.24) is 4.31 Å². The summed E-state index contributed by atoms with van der Waals surface area (Å²) in [5, 5.41) is 6.00. The zero-order valence-electron chi connectivity index (χ0n) is 18.4. The number of fused-ring (bicyclic) bond motifs is 1. The second-order valence-corrected chi connectivity index (χ2v) is 10.6. The van der Waals surface area contributed by atoms with Crippen molar-refractivity contribution >= 4 is 44.8 Å². The number of hydrogen-bond acceptors (Lipinski definition) is 5. The van der Waals surface area contributed by atoms with Gasteiger partial charge in [0.1, 0.15) is 5.75 Å². The van der Waals surface area contributed by atoms with E-state index in [0.29, 0.717) is 53.5 Å². The molecule has 1 fully saturated rings. The van der Waals surface area contributed by atoms with Crippen LogP contribution in [0.1, 0.15) is 31.7 Å². The third-order valence-corrected chi connectivity index (χ3v) is 8.31. The minimum Gasteiger partial charge on any atom is -0.478 e. The molecular formula is C23H26ClN3O5S. The van der Waals surface area contributed by atoms with Gasteiger partial charge in [-0.3, -0.25) is 9.59 Å². The SMILES string of the molecule is CC[C@H]1Oc2cc(S(=O)(=O)N3CCC[C@@H](C(=O)Nc4ccccc4Cl)C3)c(C)cc2NC1=O. The molecule has 0 spiro atoms. The molecule has 0 unspecified atom stereocenters. The van der Waals surface area contributed by atoms with E-state index in [1.54, 1.807) is 37.3 Å². The van der Waals surface area contributed by atoms with Gasteiger partial charge < -0.3 is 15.4 Å². The zero-order valence-corrected chi connectivity index (χ0v) is 20.0. The third-order valence-electron chi connectivity index (χ3n) is 5.97. The first-order valence-electron chi connectivity index (χ1n) is 10.9. The molecule has 4 rings (SSSR count). The molecule has 2 aliphatic rings. The summed E-state index contributed by atoms with van der Waals surface area (Å²) in [6.07, 6.45) is 0.950. The van der Waals surface area contributed by atoms with Crippen LogP contribution in [0.4, 0.5) is 11.4 Å². The van der Waals surface area contributed by atoms with E-state index in [0.717, 1.165) is 0 Å². The van der Waals surface area contributed by atoms with Crippen LogP contribution in [0.15, 0.2) is 41.3 Å². The zero-order chi connectivity index (χ0) is 23.8. The van der Waals surface area contributed by atoms with E-state index in [9.17, 15) is 18.0 Å². The number of piperidine rings is 1. The van der Waals surface area contributed by atoms with Crippen molar-refractivity contribution < 1.29 is 22.7 Å². The Bertz CT molecular complexity index is 1200. The number of halogens is 1. The molecule has 8 nitrogen and oxygen atoms in total. The number of anilines is 2. The number of sulfonamides is 1. The normalized spacial score (nSPS) is 21.0. The summed E-state index contributed by atoms with van der Waals surface area (Å²) in [6, 6.07) is 10.0. The molecule has 2 heterocycles. The topological polar surface area (TPSA) is 105 Å². The lowest BCUT2D eigenvalue weighted by atomic mass is 9.99. The molecule has 1 saturated heterocycles. The van der Waals surface area contributed by atoms with Crippen LogP contribution in [0.5, 0.6) is 5.75 Å². The van der Waals surface area contributed by atoms with Gasteiger partial charge in [0.05, 0.1) is 27.2 Å². The number of ether oxygens (including phenoxy) is 1. The number of benzene rings is 2. The number of carbonyl (C=O) groups excluding carboxylic acids is 2. The van der Waals surface area contributed by atoms with Crippen molar-refractivity contribution in [1.29, 1.82) is 0 Å². The predicted molar refractivity (Wildman–Crippen MR) is 126 cm³/mol. The monoisotopic (exact) mass is 491 g/mol. The Morgan fingerprint density at radius 2 is 2.06 bits per heavy atom. The van der Waals surface area contributed by atoms with E-state index >= 15 is 0 Å². The number of carbonyl (C=O) groups is 2. The average molecular weight is 492 g/mol. The lowest BCUT2D eigenvalue weighted by Crippen LogP contribution is -2.44. The van der Waals surface area contributed by atoms with Gasteiger partial charge in [0, 0.05) is 19.2 Å². The highest BCUT2D eigenvalue weighted by Gasteiger charge is 2.36. The van der Waals surface area contributed by atoms with Gasteiger partial charge in [0.15, 0.2) is 6.10 Å². The van der Waals surface area contributed by atoms with Crippen LogP contribution < -0.4 is 15.4 Å². The standard InChI is InChI=1S/C23H26ClN3O5S/c1-3-19-23(29)26-18-11-14(2)21(12-20(18)32-19)33(30,31)27-10-6-7-15(13-27)22(28)25-17-9-5-4-8-16(17)24/h4-5,8-9,11-12,15,19H,3,6-7,10,13H2,1-2H3,(H,25,28)(H,26,29)/t15-,19-/m1/s1. The van der Waals surface area contributed by atoms with Crippen molar-refractivity contribution in [3.05, 3.63) is 47.0 Å². The van der Waals surface area contributed by atoms with Crippen molar-refractivity contribution in [3.63, 3.8) is 0 Å². The number of para-hydroxylation sites is 1. The van der Waals surface area contributed by atoms with Crippen molar-refractivity contribution in [2.75, 3.05) is 23.7 Å². The van der Waals surface area contributed by atoms with Crippen LogP contribution in [0.3, 0.4) is 0 Å². The summed E-state index contributed by atoms with van der Waals surface area (Å²) >= 11 is 6.13. The summed E-state index contributed by atoms with van der Waals surface area (Å²) in [6.45, 7) is 3.90. The van der Waals surface area contributed by atoms with Crippen LogP contribution in [0.2, 0.25) is 5.02 Å². The van der Waals surface area contributed by atoms with E-state index in [2.05, 4.69) is 10.6 Å². The maximum absolute atomic E-state index is 13.5. The van der Waals surface area contributed by atoms with Crippen molar-refractivity contribution in [3.8, 4) is 5.75 Å². The van der Waals surface area contributed by atoms with Gasteiger partial charge in [0.2, 0.25) is 15.9 Å². The van der Waals surface area contributed by atoms with Crippen LogP contribution in [-0.4, -0.2) is 43.7 Å². The van der Waals surface area contributed by atoms with Crippen molar-refractivity contribution in [2.24, 2.45) is 5.92 Å². The first-order valence-corrected chi connectivity index (χ1v) is 12.7. The van der Waals surface area contributed by atoms with Gasteiger partial charge >= 0.3 is 0 Å². The summed E-state index contributed by atoms with van der Waals surface area (Å²) in [7, 11) is -3.88. The van der Waals surface area contributed by atoms with Gasteiger partial charge in [-0.2, -0.15) is 4.31 Å². The molecule has 176 valence electrons. The highest BCUT2D eigenvalue weighted by Crippen LogP contribution is 2.36. The lowest BCUT2D eigenvalue weighted by Gasteiger charge is -2.32. The smallest absolute Gasteiger partial charge is 0.265 e. The number of amides is 2. The number of aryl methyl sites for hydroxylation is 1. The molecule has 2 aliphatic heterocycles. The number of nitrogens with zero attached hydrogens (tertiary/aromatic N) is 1. The quantitative estimate of drug-likeness (QED) is 0.662. The van der Waals surface area contributed by atoms with E-state index in [-0.39, 0.29) is 23.3 Å². The fourth-order valence-electron chi connectivity index (χ4n) is 4.14. The molecule has 0 aromatic heterocycles. The molecular weight excluding hydrogens is 466 g/mol. The number of hydrogen-bond donors (Lipinski definition) is 2. The summed E-state index contributed by atoms with van der Waals surface area (Å²) < 4.78 is 34.1. The van der Waals surface area contributed by atoms with Crippen LogP contribution in [0.25, 0.3) is 0 Å². The van der Waals surface area contributed by atoms with E-state index < -0.39 is 22.0 Å². The van der Waals surface area contributed by atoms with Gasteiger partial charge in [-0.1, -0.05) is 30.7 Å². The molecule has 2 aromatic carbocycles. The average Bonchev–Trinajstić information content (AvgIpc) is 2.79. The van der Waals surface area contributed by atoms with Gasteiger partial charge in [-0.05, 0) is 49.9 Å². The summed E-state index contributed by atoms with van der Waals surface area (Å²) in [5.74, 6) is -0.677. The molecule has 2 aromatic rings. The fourth-order valence-corrected chi connectivity index (χ4v) is 6.07. The van der Waals surface area contributed by atoms with Crippen LogP contribution in [0, 0.1) is 12.8 Å². The Morgan fingerprint density at radius 3 is 2.79 bits per heavy atom. The summed E-state index contributed by atoms with van der Waals surface area (Å²) in [5.41, 5.74) is 1.45. The highest BCUT2D eigenvalue weighted by molar-refractivity contribution is 7.89. The van der Waals surface area contributed by atoms with E-state index in [4.69, 9.17) is 16.3 Å². The Morgan fingerprint density at radius 1 is 1.30 bits per heavy atom. The number of rotatable bonds is 5. The molecule has 0 aliphatic carbocycles. The minimum atomic E-state index is -3.88. The van der Waals surface area contributed by atoms with Gasteiger partial charge in [0.25, 0.3) is 5.91 Å². The van der Waals surface area contributed by atoms with Gasteiger partial charge in [-0.15, -0.1) is 0 Å². The minimum absolute atomic E-state index is 0.0737.